The molecule has 1 amide bonds. The van der Waals surface area contributed by atoms with Gasteiger partial charge in [-0.1, -0.05) is 30.3 Å². The van der Waals surface area contributed by atoms with Gasteiger partial charge in [-0.2, -0.15) is 0 Å². The maximum Gasteiger partial charge on any atom is 0.228 e. The van der Waals surface area contributed by atoms with Gasteiger partial charge in [-0.3, -0.25) is 9.78 Å². The summed E-state index contributed by atoms with van der Waals surface area (Å²) in [7, 11) is 0. The summed E-state index contributed by atoms with van der Waals surface area (Å²) in [6.45, 7) is 1.26. The van der Waals surface area contributed by atoms with Crippen LogP contribution < -0.4 is 14.8 Å². The van der Waals surface area contributed by atoms with Crippen LogP contribution in [0.25, 0.3) is 0 Å². The Hall–Kier alpha value is -3.34. The zero-order chi connectivity index (χ0) is 19.9. The molecule has 0 bridgehead atoms. The molecule has 0 saturated carbocycles. The van der Waals surface area contributed by atoms with E-state index in [0.717, 1.165) is 36.5 Å². The van der Waals surface area contributed by atoms with Crippen LogP contribution in [0, 0.1) is 0 Å². The molecular weight excluding hydrogens is 364 g/mol. The Morgan fingerprint density at radius 3 is 2.90 bits per heavy atom. The van der Waals surface area contributed by atoms with Crippen molar-refractivity contribution < 1.29 is 14.3 Å². The minimum atomic E-state index is -0.0672. The molecule has 4 rings (SSSR count). The molecule has 1 N–H and O–H groups in total. The summed E-state index contributed by atoms with van der Waals surface area (Å²) in [4.78, 5) is 16.9. The summed E-state index contributed by atoms with van der Waals surface area (Å²) in [6.07, 6.45) is 4.82. The Kier molecular flexibility index (Phi) is 6.05. The Balaban J connectivity index is 1.35. The second kappa shape index (κ2) is 9.24. The quantitative estimate of drug-likeness (QED) is 0.659. The monoisotopic (exact) mass is 388 g/mol. The van der Waals surface area contributed by atoms with E-state index in [-0.39, 0.29) is 5.91 Å². The van der Waals surface area contributed by atoms with Crippen LogP contribution in [-0.4, -0.2) is 24.1 Å². The van der Waals surface area contributed by atoms with Crippen molar-refractivity contribution in [2.24, 2.45) is 0 Å². The third-order valence-electron chi connectivity index (χ3n) is 4.84. The maximum atomic E-state index is 12.6. The van der Waals surface area contributed by atoms with Crippen molar-refractivity contribution in [3.63, 3.8) is 0 Å². The first-order valence-electron chi connectivity index (χ1n) is 9.94. The molecule has 5 nitrogen and oxygen atoms in total. The Morgan fingerprint density at radius 2 is 2.00 bits per heavy atom. The van der Waals surface area contributed by atoms with Gasteiger partial charge in [-0.15, -0.1) is 0 Å². The first kappa shape index (κ1) is 19.0. The van der Waals surface area contributed by atoms with Gasteiger partial charge in [-0.25, -0.2) is 0 Å². The molecule has 148 valence electrons. The van der Waals surface area contributed by atoms with Gasteiger partial charge in [0.25, 0.3) is 0 Å². The number of para-hydroxylation sites is 2. The number of carbonyl (C=O) groups excluding carboxylic acids is 1. The van der Waals surface area contributed by atoms with E-state index in [9.17, 15) is 4.79 Å². The fourth-order valence-electron chi connectivity index (χ4n) is 3.41. The lowest BCUT2D eigenvalue weighted by molar-refractivity contribution is -0.115. The number of nitrogens with zero attached hydrogens (tertiary/aromatic N) is 1. The number of rotatable bonds is 7. The van der Waals surface area contributed by atoms with E-state index in [2.05, 4.69) is 16.4 Å². The number of aryl methyl sites for hydroxylation is 1. The van der Waals surface area contributed by atoms with Crippen LogP contribution in [0.15, 0.2) is 66.9 Å². The summed E-state index contributed by atoms with van der Waals surface area (Å²) in [5.41, 5.74) is 3.82. The van der Waals surface area contributed by atoms with Crippen molar-refractivity contribution in [2.75, 3.05) is 18.5 Å². The molecule has 0 aliphatic carbocycles. The Labute approximate surface area is 170 Å². The van der Waals surface area contributed by atoms with E-state index in [1.807, 2.05) is 54.6 Å². The Bertz CT molecular complexity index is 973. The van der Waals surface area contributed by atoms with E-state index >= 15 is 0 Å². The standard InChI is InChI=1S/C24H24N2O3/c27-24(17-18-10-11-22-19(16-18)6-5-14-28-22)26-21-8-1-2-9-23(21)29-15-12-20-7-3-4-13-25-20/h1-4,7-11,13,16H,5-6,12,14-15,17H2,(H,26,27). The average molecular weight is 388 g/mol. The highest BCUT2D eigenvalue weighted by Gasteiger charge is 2.13. The lowest BCUT2D eigenvalue weighted by Gasteiger charge is -2.18. The summed E-state index contributed by atoms with van der Waals surface area (Å²) in [5, 5.41) is 2.98. The maximum absolute atomic E-state index is 12.6. The van der Waals surface area contributed by atoms with Gasteiger partial charge < -0.3 is 14.8 Å². The normalized spacial score (nSPS) is 12.6. The predicted octanol–water partition coefficient (Wildman–Crippen LogP) is 4.21. The van der Waals surface area contributed by atoms with Crippen LogP contribution in [0.3, 0.4) is 0 Å². The number of carbonyl (C=O) groups is 1. The van der Waals surface area contributed by atoms with Crippen molar-refractivity contribution in [1.29, 1.82) is 0 Å². The zero-order valence-electron chi connectivity index (χ0n) is 16.3. The molecule has 29 heavy (non-hydrogen) atoms. The molecule has 0 atom stereocenters. The third-order valence-corrected chi connectivity index (χ3v) is 4.84. The predicted molar refractivity (Wildman–Crippen MR) is 112 cm³/mol. The number of hydrogen-bond donors (Lipinski definition) is 1. The van der Waals surface area contributed by atoms with Crippen LogP contribution in [-0.2, 0) is 24.1 Å². The number of pyridine rings is 1. The third kappa shape index (κ3) is 5.13. The molecule has 1 aliphatic rings. The number of benzene rings is 2. The van der Waals surface area contributed by atoms with Gasteiger partial charge in [-0.05, 0) is 54.3 Å². The van der Waals surface area contributed by atoms with Gasteiger partial charge in [0.1, 0.15) is 11.5 Å². The highest BCUT2D eigenvalue weighted by molar-refractivity contribution is 5.93. The number of fused-ring (bicyclic) bond motifs is 1. The SMILES string of the molecule is O=C(Cc1ccc2c(c1)CCCO2)Nc1ccccc1OCCc1ccccn1. The van der Waals surface area contributed by atoms with Gasteiger partial charge in [0.2, 0.25) is 5.91 Å². The van der Waals surface area contributed by atoms with Crippen LogP contribution in [0.5, 0.6) is 11.5 Å². The van der Waals surface area contributed by atoms with Gasteiger partial charge in [0.15, 0.2) is 0 Å². The van der Waals surface area contributed by atoms with Crippen LogP contribution in [0.1, 0.15) is 23.2 Å². The molecule has 5 heteroatoms. The number of amides is 1. The van der Waals surface area contributed by atoms with E-state index in [1.54, 1.807) is 6.20 Å². The smallest absolute Gasteiger partial charge is 0.228 e. The van der Waals surface area contributed by atoms with Crippen molar-refractivity contribution in [3.8, 4) is 11.5 Å². The van der Waals surface area contributed by atoms with Gasteiger partial charge in [0.05, 0.1) is 25.3 Å². The highest BCUT2D eigenvalue weighted by Crippen LogP contribution is 2.27. The lowest BCUT2D eigenvalue weighted by atomic mass is 10.0. The molecule has 3 aromatic rings. The number of aromatic nitrogens is 1. The van der Waals surface area contributed by atoms with Gasteiger partial charge >= 0.3 is 0 Å². The molecular formula is C24H24N2O3. The molecule has 0 spiro atoms. The van der Waals surface area contributed by atoms with Crippen molar-refractivity contribution >= 4 is 11.6 Å². The van der Waals surface area contributed by atoms with Crippen molar-refractivity contribution in [1.82, 2.24) is 4.98 Å². The second-order valence-electron chi connectivity index (χ2n) is 7.03. The minimum absolute atomic E-state index is 0.0672. The number of nitrogens with one attached hydrogen (secondary N) is 1. The number of anilines is 1. The molecule has 1 aromatic heterocycles. The van der Waals surface area contributed by atoms with E-state index in [1.165, 1.54) is 5.56 Å². The second-order valence-corrected chi connectivity index (χ2v) is 7.03. The number of ether oxygens (including phenoxy) is 2. The molecule has 0 saturated heterocycles. The summed E-state index contributed by atoms with van der Waals surface area (Å²) >= 11 is 0. The molecule has 2 aromatic carbocycles. The summed E-state index contributed by atoms with van der Waals surface area (Å²) < 4.78 is 11.5. The molecule has 0 radical (unpaired) electrons. The zero-order valence-corrected chi connectivity index (χ0v) is 16.3. The summed E-state index contributed by atoms with van der Waals surface area (Å²) in [6, 6.07) is 19.3. The molecule has 2 heterocycles. The van der Waals surface area contributed by atoms with Crippen molar-refractivity contribution in [2.45, 2.75) is 25.7 Å². The topological polar surface area (TPSA) is 60.5 Å². The summed E-state index contributed by atoms with van der Waals surface area (Å²) in [5.74, 6) is 1.53. The first-order chi connectivity index (χ1) is 14.3. The first-order valence-corrected chi connectivity index (χ1v) is 9.94. The van der Waals surface area contributed by atoms with E-state index in [4.69, 9.17) is 9.47 Å². The molecule has 0 unspecified atom stereocenters. The number of hydrogen-bond acceptors (Lipinski definition) is 4. The minimum Gasteiger partial charge on any atom is -0.493 e. The average Bonchev–Trinajstić information content (AvgIpc) is 2.75. The van der Waals surface area contributed by atoms with Crippen molar-refractivity contribution in [3.05, 3.63) is 83.7 Å². The van der Waals surface area contributed by atoms with Crippen LogP contribution >= 0.6 is 0 Å². The Morgan fingerprint density at radius 1 is 1.10 bits per heavy atom. The van der Waals surface area contributed by atoms with Crippen LogP contribution in [0.4, 0.5) is 5.69 Å². The highest BCUT2D eigenvalue weighted by atomic mass is 16.5. The lowest BCUT2D eigenvalue weighted by Crippen LogP contribution is -2.16. The fraction of sp³-hybridized carbons (Fsp3) is 0.250. The molecule has 0 fully saturated rings. The molecule has 1 aliphatic heterocycles. The van der Waals surface area contributed by atoms with Gasteiger partial charge in [0, 0.05) is 18.3 Å². The van der Waals surface area contributed by atoms with Crippen LogP contribution in [0.2, 0.25) is 0 Å². The van der Waals surface area contributed by atoms with E-state index in [0.29, 0.717) is 30.9 Å². The fourth-order valence-corrected chi connectivity index (χ4v) is 3.41. The van der Waals surface area contributed by atoms with E-state index < -0.39 is 0 Å². The largest absolute Gasteiger partial charge is 0.493 e.